The van der Waals surface area contributed by atoms with Gasteiger partial charge in [0, 0.05) is 42.7 Å². The predicted octanol–water partition coefficient (Wildman–Crippen LogP) is 3.20. The van der Waals surface area contributed by atoms with Crippen molar-refractivity contribution >= 4 is 44.0 Å². The number of fused-ring (bicyclic) bond motifs is 1. The highest BCUT2D eigenvalue weighted by atomic mass is 35.5. The van der Waals surface area contributed by atoms with E-state index in [1.54, 1.807) is 42.7 Å². The summed E-state index contributed by atoms with van der Waals surface area (Å²) < 4.78 is 27.6. The molecule has 32 heavy (non-hydrogen) atoms. The van der Waals surface area contributed by atoms with Gasteiger partial charge in [0.05, 0.1) is 11.4 Å². The molecule has 1 saturated heterocycles. The van der Waals surface area contributed by atoms with Crippen molar-refractivity contribution in [2.75, 3.05) is 31.1 Å². The van der Waals surface area contributed by atoms with Crippen molar-refractivity contribution in [2.45, 2.75) is 17.7 Å². The maximum absolute atomic E-state index is 12.6. The van der Waals surface area contributed by atoms with E-state index in [-0.39, 0.29) is 17.3 Å². The molecule has 4 rings (SSSR count). The number of benzene rings is 2. The molecule has 0 atom stereocenters. The van der Waals surface area contributed by atoms with Crippen LogP contribution in [0.25, 0.3) is 10.8 Å². The maximum atomic E-state index is 12.6. The largest absolute Gasteiger partial charge is 0.371 e. The highest BCUT2D eigenvalue weighted by Crippen LogP contribution is 2.23. The van der Waals surface area contributed by atoms with Gasteiger partial charge in [-0.2, -0.15) is 0 Å². The van der Waals surface area contributed by atoms with E-state index in [0.717, 1.165) is 42.4 Å². The van der Waals surface area contributed by atoms with Crippen LogP contribution in [0.2, 0.25) is 5.02 Å². The Labute approximate surface area is 192 Å². The van der Waals surface area contributed by atoms with E-state index in [4.69, 9.17) is 11.6 Å². The molecule has 0 saturated carbocycles. The maximum Gasteiger partial charge on any atom is 0.241 e. The van der Waals surface area contributed by atoms with Gasteiger partial charge < -0.3 is 10.2 Å². The minimum Gasteiger partial charge on any atom is -0.371 e. The molecule has 2 N–H and O–H groups in total. The topological polar surface area (TPSA) is 91.4 Å². The van der Waals surface area contributed by atoms with Crippen molar-refractivity contribution in [2.24, 2.45) is 5.92 Å². The Balaban J connectivity index is 1.24. The molecule has 0 bridgehead atoms. The van der Waals surface area contributed by atoms with E-state index in [1.807, 2.05) is 12.1 Å². The molecule has 7 nitrogen and oxygen atoms in total. The number of hydrogen-bond donors (Lipinski definition) is 2. The van der Waals surface area contributed by atoms with Gasteiger partial charge >= 0.3 is 0 Å². The molecular weight excluding hydrogens is 448 g/mol. The summed E-state index contributed by atoms with van der Waals surface area (Å²) in [5.41, 5.74) is 1.16. The average Bonchev–Trinajstić information content (AvgIpc) is 2.82. The summed E-state index contributed by atoms with van der Waals surface area (Å²) in [5, 5.41) is 5.06. The summed E-state index contributed by atoms with van der Waals surface area (Å²) >= 11 is 5.97. The van der Waals surface area contributed by atoms with E-state index < -0.39 is 10.0 Å². The second kappa shape index (κ2) is 9.85. The van der Waals surface area contributed by atoms with Gasteiger partial charge in [-0.05, 0) is 65.9 Å². The molecular formula is C23H25ClN4O3S. The Morgan fingerprint density at radius 2 is 1.72 bits per heavy atom. The van der Waals surface area contributed by atoms with Crippen LogP contribution in [-0.2, 0) is 14.8 Å². The smallest absolute Gasteiger partial charge is 0.241 e. The van der Waals surface area contributed by atoms with Crippen LogP contribution in [0.15, 0.2) is 65.8 Å². The number of nitrogens with zero attached hydrogens (tertiary/aromatic N) is 2. The van der Waals surface area contributed by atoms with Crippen LogP contribution in [0.4, 0.5) is 5.69 Å². The molecule has 1 amide bonds. The number of piperidine rings is 1. The molecule has 1 aliphatic heterocycles. The zero-order valence-corrected chi connectivity index (χ0v) is 19.1. The van der Waals surface area contributed by atoms with E-state index in [1.165, 1.54) is 6.07 Å². The Morgan fingerprint density at radius 3 is 2.47 bits per heavy atom. The number of hydrogen-bond acceptors (Lipinski definition) is 5. The molecule has 168 valence electrons. The van der Waals surface area contributed by atoms with Crippen LogP contribution in [0.5, 0.6) is 0 Å². The van der Waals surface area contributed by atoms with E-state index in [2.05, 4.69) is 19.9 Å². The first-order valence-corrected chi connectivity index (χ1v) is 12.4. The lowest BCUT2D eigenvalue weighted by atomic mass is 9.96. The Kier molecular flexibility index (Phi) is 6.93. The zero-order chi connectivity index (χ0) is 22.6. The fourth-order valence-corrected chi connectivity index (χ4v) is 5.07. The number of nitrogens with one attached hydrogen (secondary N) is 2. The fraction of sp³-hybridized carbons (Fsp3) is 0.304. The third kappa shape index (κ3) is 5.56. The van der Waals surface area contributed by atoms with E-state index in [9.17, 15) is 13.2 Å². The van der Waals surface area contributed by atoms with Gasteiger partial charge in [0.15, 0.2) is 0 Å². The lowest BCUT2D eigenvalue weighted by molar-refractivity contribution is -0.120. The predicted molar refractivity (Wildman–Crippen MR) is 126 cm³/mol. The minimum absolute atomic E-state index is 0.114. The van der Waals surface area contributed by atoms with Crippen LogP contribution >= 0.6 is 11.6 Å². The van der Waals surface area contributed by atoms with Crippen molar-refractivity contribution in [3.05, 3.63) is 65.9 Å². The number of carbonyl (C=O) groups is 1. The van der Waals surface area contributed by atoms with Gasteiger partial charge in [-0.1, -0.05) is 23.7 Å². The SMILES string of the molecule is O=C(CNS(=O)(=O)c1ccc2cc(Cl)ccc2c1)NCC1CCN(c2ccncc2)CC1. The molecule has 9 heteroatoms. The standard InChI is InChI=1S/C23H25ClN4O3S/c24-20-3-1-19-14-22(4-2-18(19)13-20)32(30,31)27-16-23(29)26-15-17-7-11-28(12-8-17)21-5-9-25-10-6-21/h1-6,9-10,13-14,17,27H,7-8,11-12,15-16H2,(H,26,29). The minimum atomic E-state index is -3.79. The quantitative estimate of drug-likeness (QED) is 0.551. The van der Waals surface area contributed by atoms with E-state index in [0.29, 0.717) is 17.5 Å². The van der Waals surface area contributed by atoms with Crippen LogP contribution in [0.1, 0.15) is 12.8 Å². The Hall–Kier alpha value is -2.68. The van der Waals surface area contributed by atoms with Gasteiger partial charge in [0.25, 0.3) is 0 Å². The van der Waals surface area contributed by atoms with Crippen molar-refractivity contribution in [3.63, 3.8) is 0 Å². The van der Waals surface area contributed by atoms with E-state index >= 15 is 0 Å². The third-order valence-electron chi connectivity index (χ3n) is 5.74. The molecule has 1 fully saturated rings. The van der Waals surface area contributed by atoms with Crippen LogP contribution in [-0.4, -0.2) is 45.5 Å². The van der Waals surface area contributed by atoms with Gasteiger partial charge in [0.2, 0.25) is 15.9 Å². The van der Waals surface area contributed by atoms with Crippen molar-refractivity contribution in [3.8, 4) is 0 Å². The summed E-state index contributed by atoms with van der Waals surface area (Å²) in [6.45, 7) is 2.09. The van der Waals surface area contributed by atoms with Gasteiger partial charge in [-0.3, -0.25) is 9.78 Å². The van der Waals surface area contributed by atoms with Gasteiger partial charge in [0.1, 0.15) is 0 Å². The van der Waals surface area contributed by atoms with Crippen LogP contribution in [0.3, 0.4) is 0 Å². The van der Waals surface area contributed by atoms with Crippen molar-refractivity contribution in [1.29, 1.82) is 0 Å². The number of rotatable bonds is 7. The summed E-state index contributed by atoms with van der Waals surface area (Å²) in [6.07, 6.45) is 5.51. The Bertz CT molecular complexity index is 1200. The lowest BCUT2D eigenvalue weighted by Crippen LogP contribution is -2.42. The number of sulfonamides is 1. The molecule has 0 aliphatic carbocycles. The first kappa shape index (κ1) is 22.5. The summed E-state index contributed by atoms with van der Waals surface area (Å²) in [4.78, 5) is 18.7. The molecule has 3 aromatic rings. The molecule has 0 radical (unpaired) electrons. The lowest BCUT2D eigenvalue weighted by Gasteiger charge is -2.33. The molecule has 1 aromatic heterocycles. The molecule has 0 unspecified atom stereocenters. The number of pyridine rings is 1. The van der Waals surface area contributed by atoms with Crippen molar-refractivity contribution < 1.29 is 13.2 Å². The Morgan fingerprint density at radius 1 is 1.03 bits per heavy atom. The first-order chi connectivity index (χ1) is 15.4. The molecule has 0 spiro atoms. The summed E-state index contributed by atoms with van der Waals surface area (Å²) in [6, 6.07) is 14.0. The average molecular weight is 473 g/mol. The van der Waals surface area contributed by atoms with Gasteiger partial charge in [-0.15, -0.1) is 0 Å². The number of amides is 1. The van der Waals surface area contributed by atoms with Crippen LogP contribution < -0.4 is 14.9 Å². The monoisotopic (exact) mass is 472 g/mol. The van der Waals surface area contributed by atoms with Crippen molar-refractivity contribution in [1.82, 2.24) is 15.0 Å². The first-order valence-electron chi connectivity index (χ1n) is 10.5. The fourth-order valence-electron chi connectivity index (χ4n) is 3.88. The second-order valence-corrected chi connectivity index (χ2v) is 10.1. The normalized spacial score (nSPS) is 15.1. The molecule has 2 aromatic carbocycles. The number of carbonyl (C=O) groups excluding carboxylic acids is 1. The highest BCUT2D eigenvalue weighted by Gasteiger charge is 2.21. The molecule has 2 heterocycles. The number of aromatic nitrogens is 1. The number of anilines is 1. The summed E-state index contributed by atoms with van der Waals surface area (Å²) in [7, 11) is -3.79. The highest BCUT2D eigenvalue weighted by molar-refractivity contribution is 7.89. The van der Waals surface area contributed by atoms with Gasteiger partial charge in [-0.25, -0.2) is 13.1 Å². The van der Waals surface area contributed by atoms with Crippen LogP contribution in [0, 0.1) is 5.92 Å². The molecule has 1 aliphatic rings. The summed E-state index contributed by atoms with van der Waals surface area (Å²) in [5.74, 6) is 0.0404. The zero-order valence-electron chi connectivity index (χ0n) is 17.5. The second-order valence-electron chi connectivity index (χ2n) is 7.92. The third-order valence-corrected chi connectivity index (χ3v) is 7.37. The number of halogens is 1.